The lowest BCUT2D eigenvalue weighted by molar-refractivity contribution is 0.180. The first-order valence-corrected chi connectivity index (χ1v) is 3.91. The van der Waals surface area contributed by atoms with E-state index in [1.54, 1.807) is 0 Å². The number of hydrogen-bond acceptors (Lipinski definition) is 2. The summed E-state index contributed by atoms with van der Waals surface area (Å²) in [4.78, 5) is 4.25. The zero-order valence-electron chi connectivity index (χ0n) is 6.54. The minimum atomic E-state index is -0.266. The van der Waals surface area contributed by atoms with Gasteiger partial charge in [-0.2, -0.15) is 0 Å². The maximum absolute atomic E-state index is 9.47. The summed E-state index contributed by atoms with van der Waals surface area (Å²) in [6.07, 6.45) is 3.36. The molecule has 0 spiro atoms. The molecule has 58 valence electrons. The monoisotopic (exact) mass is 149 g/mol. The topological polar surface area (TPSA) is 33.1 Å². The Kier molecular flexibility index (Phi) is 1.43. The van der Waals surface area contributed by atoms with Gasteiger partial charge in [-0.15, -0.1) is 0 Å². The lowest BCUT2D eigenvalue weighted by Crippen LogP contribution is -1.92. The molecule has 0 fully saturated rings. The molecule has 0 saturated heterocycles. The lowest BCUT2D eigenvalue weighted by atomic mass is 10.1. The van der Waals surface area contributed by atoms with Crippen LogP contribution in [0.3, 0.4) is 0 Å². The van der Waals surface area contributed by atoms with Gasteiger partial charge in [-0.25, -0.2) is 0 Å². The molecule has 1 aliphatic rings. The van der Waals surface area contributed by atoms with Crippen molar-refractivity contribution in [2.45, 2.75) is 25.9 Å². The largest absolute Gasteiger partial charge is 0.388 e. The summed E-state index contributed by atoms with van der Waals surface area (Å²) in [7, 11) is 0. The van der Waals surface area contributed by atoms with Crippen LogP contribution in [0, 0.1) is 6.92 Å². The summed E-state index contributed by atoms with van der Waals surface area (Å²) in [5, 5.41) is 9.47. The molecule has 2 heteroatoms. The van der Waals surface area contributed by atoms with Crippen molar-refractivity contribution in [1.82, 2.24) is 4.98 Å². The van der Waals surface area contributed by atoms with Gasteiger partial charge in [0, 0.05) is 17.5 Å². The van der Waals surface area contributed by atoms with Crippen LogP contribution in [0.2, 0.25) is 0 Å². The van der Waals surface area contributed by atoms with Gasteiger partial charge in [0.25, 0.3) is 0 Å². The minimum Gasteiger partial charge on any atom is -0.388 e. The average molecular weight is 149 g/mol. The van der Waals surface area contributed by atoms with Crippen LogP contribution in [0.5, 0.6) is 0 Å². The third kappa shape index (κ3) is 1.03. The number of nitrogens with zero attached hydrogens (tertiary/aromatic N) is 1. The van der Waals surface area contributed by atoms with E-state index in [1.807, 2.05) is 19.2 Å². The quantitative estimate of drug-likeness (QED) is 0.604. The molecule has 0 aliphatic heterocycles. The van der Waals surface area contributed by atoms with E-state index in [4.69, 9.17) is 0 Å². The third-order valence-corrected chi connectivity index (χ3v) is 2.15. The number of aliphatic hydroxyl groups is 1. The smallest absolute Gasteiger partial charge is 0.0811 e. The first-order valence-electron chi connectivity index (χ1n) is 3.91. The molecule has 11 heavy (non-hydrogen) atoms. The van der Waals surface area contributed by atoms with Gasteiger partial charge in [0.2, 0.25) is 0 Å². The van der Waals surface area contributed by atoms with Crippen LogP contribution < -0.4 is 0 Å². The summed E-state index contributed by atoms with van der Waals surface area (Å²) in [6.45, 7) is 2.00. The van der Waals surface area contributed by atoms with Crippen molar-refractivity contribution in [2.75, 3.05) is 0 Å². The SMILES string of the molecule is Cc1cnc2c(c1)C(O)CC2. The van der Waals surface area contributed by atoms with Gasteiger partial charge in [0.05, 0.1) is 6.10 Å². The van der Waals surface area contributed by atoms with Gasteiger partial charge in [-0.05, 0) is 25.3 Å². The Balaban J connectivity index is 2.52. The van der Waals surface area contributed by atoms with Crippen molar-refractivity contribution >= 4 is 0 Å². The minimum absolute atomic E-state index is 0.266. The van der Waals surface area contributed by atoms with E-state index in [0.717, 1.165) is 29.7 Å². The van der Waals surface area contributed by atoms with Crippen molar-refractivity contribution in [2.24, 2.45) is 0 Å². The van der Waals surface area contributed by atoms with Crippen LogP contribution in [-0.2, 0) is 6.42 Å². The number of fused-ring (bicyclic) bond motifs is 1. The van der Waals surface area contributed by atoms with E-state index in [-0.39, 0.29) is 6.10 Å². The molecule has 0 aromatic carbocycles. The van der Waals surface area contributed by atoms with Crippen LogP contribution in [0.25, 0.3) is 0 Å². The average Bonchev–Trinajstić information content (AvgIpc) is 2.33. The Bertz CT molecular complexity index is 283. The van der Waals surface area contributed by atoms with Crippen molar-refractivity contribution in [3.05, 3.63) is 29.1 Å². The zero-order chi connectivity index (χ0) is 7.84. The summed E-state index contributed by atoms with van der Waals surface area (Å²) < 4.78 is 0. The second-order valence-corrected chi connectivity index (χ2v) is 3.10. The molecule has 0 saturated carbocycles. The van der Waals surface area contributed by atoms with E-state index >= 15 is 0 Å². The highest BCUT2D eigenvalue weighted by Crippen LogP contribution is 2.29. The molecule has 1 aromatic rings. The normalized spacial score (nSPS) is 21.8. The van der Waals surface area contributed by atoms with Crippen molar-refractivity contribution < 1.29 is 5.11 Å². The third-order valence-electron chi connectivity index (χ3n) is 2.15. The Morgan fingerprint density at radius 3 is 3.27 bits per heavy atom. The van der Waals surface area contributed by atoms with Gasteiger partial charge in [0.15, 0.2) is 0 Å². The van der Waals surface area contributed by atoms with Gasteiger partial charge >= 0.3 is 0 Å². The summed E-state index contributed by atoms with van der Waals surface area (Å²) in [6, 6.07) is 2.03. The molecular weight excluding hydrogens is 138 g/mol. The number of hydrogen-bond donors (Lipinski definition) is 1. The predicted octanol–water partition coefficient (Wildman–Crippen LogP) is 1.37. The predicted molar refractivity (Wildman–Crippen MR) is 42.3 cm³/mol. The van der Waals surface area contributed by atoms with E-state index in [1.165, 1.54) is 0 Å². The van der Waals surface area contributed by atoms with Crippen LogP contribution in [-0.4, -0.2) is 10.1 Å². The molecule has 0 amide bonds. The van der Waals surface area contributed by atoms with Gasteiger partial charge in [-0.3, -0.25) is 4.98 Å². The molecule has 1 N–H and O–H groups in total. The molecule has 1 aromatic heterocycles. The number of aliphatic hydroxyl groups excluding tert-OH is 1. The molecular formula is C9H11NO. The van der Waals surface area contributed by atoms with Crippen LogP contribution in [0.4, 0.5) is 0 Å². The van der Waals surface area contributed by atoms with Gasteiger partial charge in [-0.1, -0.05) is 6.07 Å². The van der Waals surface area contributed by atoms with Crippen molar-refractivity contribution in [3.63, 3.8) is 0 Å². The number of aryl methyl sites for hydroxylation is 2. The Morgan fingerprint density at radius 2 is 2.45 bits per heavy atom. The van der Waals surface area contributed by atoms with E-state index in [9.17, 15) is 5.11 Å². The molecule has 1 heterocycles. The molecule has 0 radical (unpaired) electrons. The van der Waals surface area contributed by atoms with Crippen molar-refractivity contribution in [1.29, 1.82) is 0 Å². The maximum Gasteiger partial charge on any atom is 0.0811 e. The summed E-state index contributed by atoms with van der Waals surface area (Å²) in [5.74, 6) is 0. The fourth-order valence-corrected chi connectivity index (χ4v) is 1.55. The van der Waals surface area contributed by atoms with Crippen molar-refractivity contribution in [3.8, 4) is 0 Å². The number of rotatable bonds is 0. The molecule has 0 bridgehead atoms. The Hall–Kier alpha value is -0.890. The van der Waals surface area contributed by atoms with Gasteiger partial charge < -0.3 is 5.11 Å². The zero-order valence-corrected chi connectivity index (χ0v) is 6.54. The maximum atomic E-state index is 9.47. The highest BCUT2D eigenvalue weighted by atomic mass is 16.3. The molecule has 1 atom stereocenters. The van der Waals surface area contributed by atoms with E-state index in [2.05, 4.69) is 4.98 Å². The van der Waals surface area contributed by atoms with Crippen LogP contribution >= 0.6 is 0 Å². The molecule has 1 aliphatic carbocycles. The number of pyridine rings is 1. The standard InChI is InChI=1S/C9H11NO/c1-6-4-7-8(10-5-6)2-3-9(7)11/h4-5,9,11H,2-3H2,1H3. The molecule has 1 unspecified atom stereocenters. The fraction of sp³-hybridized carbons (Fsp3) is 0.444. The Labute approximate surface area is 65.9 Å². The first kappa shape index (κ1) is 6.80. The van der Waals surface area contributed by atoms with E-state index < -0.39 is 0 Å². The Morgan fingerprint density at radius 1 is 1.64 bits per heavy atom. The second-order valence-electron chi connectivity index (χ2n) is 3.10. The van der Waals surface area contributed by atoms with Gasteiger partial charge in [0.1, 0.15) is 0 Å². The number of aromatic nitrogens is 1. The fourth-order valence-electron chi connectivity index (χ4n) is 1.55. The first-order chi connectivity index (χ1) is 5.27. The molecule has 2 nitrogen and oxygen atoms in total. The van der Waals surface area contributed by atoms with Crippen LogP contribution in [0.1, 0.15) is 29.3 Å². The summed E-state index contributed by atoms with van der Waals surface area (Å²) in [5.41, 5.74) is 3.23. The lowest BCUT2D eigenvalue weighted by Gasteiger charge is -2.02. The highest BCUT2D eigenvalue weighted by Gasteiger charge is 2.20. The summed E-state index contributed by atoms with van der Waals surface area (Å²) >= 11 is 0. The van der Waals surface area contributed by atoms with Crippen LogP contribution in [0.15, 0.2) is 12.3 Å². The highest BCUT2D eigenvalue weighted by molar-refractivity contribution is 5.30. The van der Waals surface area contributed by atoms with E-state index in [0.29, 0.717) is 0 Å². The second kappa shape index (κ2) is 2.31. The molecule has 2 rings (SSSR count).